The summed E-state index contributed by atoms with van der Waals surface area (Å²) in [5, 5.41) is 10.6. The first-order valence-electron chi connectivity index (χ1n) is 5.64. The van der Waals surface area contributed by atoms with E-state index in [9.17, 15) is 19.7 Å². The van der Waals surface area contributed by atoms with Crippen molar-refractivity contribution in [1.29, 1.82) is 0 Å². The van der Waals surface area contributed by atoms with Gasteiger partial charge in [-0.15, -0.1) is 0 Å². The van der Waals surface area contributed by atoms with E-state index < -0.39 is 16.7 Å². The lowest BCUT2D eigenvalue weighted by Crippen LogP contribution is -2.29. The maximum Gasteiger partial charge on any atom is 0.290 e. The average molecular weight is 299 g/mol. The predicted molar refractivity (Wildman–Crippen MR) is 72.2 cm³/mol. The summed E-state index contributed by atoms with van der Waals surface area (Å²) in [5.41, 5.74) is 10.8. The normalized spacial score (nSPS) is 18.4. The Balaban J connectivity index is 2.39. The van der Waals surface area contributed by atoms with Crippen LogP contribution in [0.25, 0.3) is 0 Å². The van der Waals surface area contributed by atoms with Crippen LogP contribution in [0.15, 0.2) is 12.1 Å². The number of benzene rings is 1. The van der Waals surface area contributed by atoms with Crippen LogP contribution in [0.1, 0.15) is 6.42 Å². The summed E-state index contributed by atoms with van der Waals surface area (Å²) < 4.78 is 0. The quantitative estimate of drug-likeness (QED) is 0.480. The number of hydrogen-bond donors (Lipinski definition) is 2. The molecule has 0 aromatic heterocycles. The molecule has 20 heavy (non-hydrogen) atoms. The van der Waals surface area contributed by atoms with Crippen LogP contribution >= 0.6 is 11.6 Å². The number of amides is 2. The molecule has 1 aliphatic rings. The van der Waals surface area contributed by atoms with Crippen molar-refractivity contribution in [2.45, 2.75) is 6.42 Å². The third-order valence-electron chi connectivity index (χ3n) is 3.11. The van der Waals surface area contributed by atoms with Crippen LogP contribution in [-0.2, 0) is 9.59 Å². The molecule has 0 aliphatic carbocycles. The molecule has 0 bridgehead atoms. The molecule has 1 fully saturated rings. The third kappa shape index (κ3) is 2.37. The van der Waals surface area contributed by atoms with Gasteiger partial charge in [-0.2, -0.15) is 0 Å². The van der Waals surface area contributed by atoms with Gasteiger partial charge in [0, 0.05) is 19.0 Å². The second kappa shape index (κ2) is 4.97. The number of halogens is 1. The summed E-state index contributed by atoms with van der Waals surface area (Å²) in [4.78, 5) is 34.3. The molecule has 0 radical (unpaired) electrons. The van der Waals surface area contributed by atoms with Crippen molar-refractivity contribution >= 4 is 40.5 Å². The molecule has 1 aromatic rings. The van der Waals surface area contributed by atoms with E-state index in [1.165, 1.54) is 11.0 Å². The molecular formula is C11H11ClN4O4. The number of nitro groups is 1. The highest BCUT2D eigenvalue weighted by Crippen LogP contribution is 2.37. The van der Waals surface area contributed by atoms with Crippen LogP contribution in [-0.4, -0.2) is 23.3 Å². The lowest BCUT2D eigenvalue weighted by atomic mass is 10.1. The van der Waals surface area contributed by atoms with E-state index in [4.69, 9.17) is 23.1 Å². The van der Waals surface area contributed by atoms with Crippen LogP contribution in [0.2, 0.25) is 5.02 Å². The topological polar surface area (TPSA) is 133 Å². The highest BCUT2D eigenvalue weighted by molar-refractivity contribution is 6.33. The fourth-order valence-electron chi connectivity index (χ4n) is 2.07. The number of nitrogen functional groups attached to an aromatic ring is 1. The van der Waals surface area contributed by atoms with Crippen LogP contribution in [0, 0.1) is 16.0 Å². The summed E-state index contributed by atoms with van der Waals surface area (Å²) in [6.45, 7) is 0.0898. The van der Waals surface area contributed by atoms with Gasteiger partial charge in [-0.25, -0.2) is 0 Å². The summed E-state index contributed by atoms with van der Waals surface area (Å²) in [6, 6.07) is 2.33. The van der Waals surface area contributed by atoms with E-state index in [1.807, 2.05) is 0 Å². The van der Waals surface area contributed by atoms with Crippen LogP contribution in [0.3, 0.4) is 0 Å². The molecule has 4 N–H and O–H groups in total. The van der Waals surface area contributed by atoms with Gasteiger partial charge < -0.3 is 16.4 Å². The number of carbonyl (C=O) groups excluding carboxylic acids is 2. The first-order chi connectivity index (χ1) is 9.31. The van der Waals surface area contributed by atoms with E-state index in [2.05, 4.69) is 0 Å². The number of nitrogens with two attached hydrogens (primary N) is 2. The molecule has 2 rings (SSSR count). The zero-order valence-electron chi connectivity index (χ0n) is 10.2. The zero-order valence-corrected chi connectivity index (χ0v) is 11.0. The monoisotopic (exact) mass is 298 g/mol. The van der Waals surface area contributed by atoms with E-state index in [0.29, 0.717) is 0 Å². The zero-order chi connectivity index (χ0) is 15.0. The molecule has 2 amide bonds. The lowest BCUT2D eigenvalue weighted by molar-refractivity contribution is -0.384. The van der Waals surface area contributed by atoms with Crippen LogP contribution in [0.5, 0.6) is 0 Å². The predicted octanol–water partition coefficient (Wildman–Crippen LogP) is 0.669. The Labute approximate surface area is 118 Å². The van der Waals surface area contributed by atoms with Gasteiger partial charge in [-0.1, -0.05) is 11.6 Å². The Hall–Kier alpha value is -2.35. The summed E-state index contributed by atoms with van der Waals surface area (Å²) in [7, 11) is 0. The molecule has 0 spiro atoms. The van der Waals surface area contributed by atoms with E-state index in [-0.39, 0.29) is 41.0 Å². The van der Waals surface area contributed by atoms with Crippen LogP contribution in [0.4, 0.5) is 17.1 Å². The Bertz CT molecular complexity index is 619. The minimum Gasteiger partial charge on any atom is -0.397 e. The van der Waals surface area contributed by atoms with Gasteiger partial charge in [-0.05, 0) is 6.07 Å². The first kappa shape index (κ1) is 14.1. The van der Waals surface area contributed by atoms with Gasteiger partial charge in [0.15, 0.2) is 0 Å². The van der Waals surface area contributed by atoms with Crippen molar-refractivity contribution in [1.82, 2.24) is 0 Å². The van der Waals surface area contributed by atoms with Gasteiger partial charge in [-0.3, -0.25) is 19.7 Å². The largest absolute Gasteiger partial charge is 0.397 e. The summed E-state index contributed by atoms with van der Waals surface area (Å²) in [6.07, 6.45) is -0.0105. The van der Waals surface area contributed by atoms with Gasteiger partial charge in [0.05, 0.1) is 22.2 Å². The van der Waals surface area contributed by atoms with Crippen molar-refractivity contribution in [3.63, 3.8) is 0 Å². The molecule has 1 aliphatic heterocycles. The molecule has 1 unspecified atom stereocenters. The number of hydrogen-bond acceptors (Lipinski definition) is 5. The second-order valence-corrected chi connectivity index (χ2v) is 4.83. The molecule has 1 heterocycles. The van der Waals surface area contributed by atoms with Gasteiger partial charge in [0.2, 0.25) is 11.8 Å². The van der Waals surface area contributed by atoms with Crippen LogP contribution < -0.4 is 16.4 Å². The number of anilines is 2. The first-order valence-corrected chi connectivity index (χ1v) is 6.02. The lowest BCUT2D eigenvalue weighted by Gasteiger charge is -2.18. The van der Waals surface area contributed by atoms with E-state index in [0.717, 1.165) is 6.07 Å². The Morgan fingerprint density at radius 1 is 1.50 bits per heavy atom. The maximum absolute atomic E-state index is 11.9. The molecule has 9 heteroatoms. The summed E-state index contributed by atoms with van der Waals surface area (Å²) >= 11 is 5.79. The van der Waals surface area contributed by atoms with Crippen molar-refractivity contribution in [2.75, 3.05) is 17.2 Å². The van der Waals surface area contributed by atoms with Crippen molar-refractivity contribution in [3.8, 4) is 0 Å². The standard InChI is InChI=1S/C11H11ClN4O4/c12-6-2-9(7(13)3-8(6)16(19)20)15-4-5(11(14)18)1-10(15)17/h2-3,5H,1,4,13H2,(H2,14,18). The second-order valence-electron chi connectivity index (χ2n) is 4.43. The number of primary amides is 1. The fraction of sp³-hybridized carbons (Fsp3) is 0.273. The highest BCUT2D eigenvalue weighted by atomic mass is 35.5. The SMILES string of the molecule is NC(=O)C1CC(=O)N(c2cc(Cl)c([N+](=O)[O-])cc2N)C1. The Kier molecular flexibility index (Phi) is 3.49. The van der Waals surface area contributed by atoms with Crippen molar-refractivity contribution in [3.05, 3.63) is 27.3 Å². The maximum atomic E-state index is 11.9. The van der Waals surface area contributed by atoms with E-state index in [1.54, 1.807) is 0 Å². The van der Waals surface area contributed by atoms with Gasteiger partial charge in [0.25, 0.3) is 5.69 Å². The average Bonchev–Trinajstić information content (AvgIpc) is 2.73. The number of rotatable bonds is 3. The molecule has 106 valence electrons. The molecular weight excluding hydrogens is 288 g/mol. The van der Waals surface area contributed by atoms with Crippen molar-refractivity contribution in [2.24, 2.45) is 11.7 Å². The summed E-state index contributed by atoms with van der Waals surface area (Å²) in [5.74, 6) is -1.51. The minimum atomic E-state index is -0.666. The molecule has 1 aromatic carbocycles. The number of nitrogens with zero attached hydrogens (tertiary/aromatic N) is 2. The van der Waals surface area contributed by atoms with Crippen molar-refractivity contribution < 1.29 is 14.5 Å². The Morgan fingerprint density at radius 3 is 2.65 bits per heavy atom. The minimum absolute atomic E-state index is 0.0105. The van der Waals surface area contributed by atoms with Gasteiger partial charge >= 0.3 is 0 Å². The third-order valence-corrected chi connectivity index (χ3v) is 3.41. The molecule has 1 saturated heterocycles. The fourth-order valence-corrected chi connectivity index (χ4v) is 2.30. The molecule has 0 saturated carbocycles. The smallest absolute Gasteiger partial charge is 0.290 e. The van der Waals surface area contributed by atoms with Gasteiger partial charge in [0.1, 0.15) is 5.02 Å². The highest BCUT2D eigenvalue weighted by Gasteiger charge is 2.35. The number of nitro benzene ring substituents is 1. The number of carbonyl (C=O) groups is 2. The molecule has 1 atom stereocenters. The Morgan fingerprint density at radius 2 is 2.15 bits per heavy atom. The van der Waals surface area contributed by atoms with E-state index >= 15 is 0 Å². The molecule has 8 nitrogen and oxygen atoms in total.